The summed E-state index contributed by atoms with van der Waals surface area (Å²) in [5.41, 5.74) is 0. The number of nitrogens with zero attached hydrogens (tertiary/aromatic N) is 1. The van der Waals surface area contributed by atoms with Crippen molar-refractivity contribution < 1.29 is 9.94 Å². The zero-order chi connectivity index (χ0) is 7.40. The molecule has 3 nitrogen and oxygen atoms in total. The van der Waals surface area contributed by atoms with Gasteiger partial charge < -0.3 is 9.94 Å². The molecule has 10 heavy (non-hydrogen) atoms. The van der Waals surface area contributed by atoms with Crippen molar-refractivity contribution in [2.75, 3.05) is 26.2 Å². The standard InChI is InChI=1S/C6H12BNO2/c7-5-10-8-2-1-6(3-8)4-9/h6,9H,1-5H2/t6-/m0/s1. The summed E-state index contributed by atoms with van der Waals surface area (Å²) in [6.07, 6.45) is 1.01. The lowest BCUT2D eigenvalue weighted by molar-refractivity contribution is -0.126. The Labute approximate surface area is 62.3 Å². The number of hydrogen-bond acceptors (Lipinski definition) is 3. The van der Waals surface area contributed by atoms with Crippen LogP contribution in [-0.2, 0) is 4.84 Å². The Morgan fingerprint density at radius 3 is 3.00 bits per heavy atom. The summed E-state index contributed by atoms with van der Waals surface area (Å²) < 4.78 is 0. The quantitative estimate of drug-likeness (QED) is 0.530. The molecule has 0 amide bonds. The lowest BCUT2D eigenvalue weighted by Crippen LogP contribution is -2.22. The van der Waals surface area contributed by atoms with Crippen LogP contribution in [0, 0.1) is 5.92 Å². The topological polar surface area (TPSA) is 32.7 Å². The summed E-state index contributed by atoms with van der Waals surface area (Å²) in [5.74, 6) is 0.381. The molecule has 1 aliphatic heterocycles. The number of rotatable bonds is 3. The van der Waals surface area contributed by atoms with Crippen molar-refractivity contribution >= 4 is 7.85 Å². The van der Waals surface area contributed by atoms with Crippen molar-refractivity contribution in [2.45, 2.75) is 6.42 Å². The molecule has 56 valence electrons. The third-order valence-electron chi connectivity index (χ3n) is 1.76. The highest BCUT2D eigenvalue weighted by Gasteiger charge is 2.21. The molecule has 0 aromatic heterocycles. The first-order valence-electron chi connectivity index (χ1n) is 3.55. The second kappa shape index (κ2) is 3.96. The van der Waals surface area contributed by atoms with Crippen molar-refractivity contribution in [3.63, 3.8) is 0 Å². The zero-order valence-corrected chi connectivity index (χ0v) is 5.99. The van der Waals surface area contributed by atoms with Crippen molar-refractivity contribution in [2.24, 2.45) is 5.92 Å². The fourth-order valence-corrected chi connectivity index (χ4v) is 1.17. The molecule has 1 N–H and O–H groups in total. The Bertz CT molecular complexity index is 102. The first kappa shape index (κ1) is 8.05. The Morgan fingerprint density at radius 2 is 2.50 bits per heavy atom. The molecule has 2 radical (unpaired) electrons. The van der Waals surface area contributed by atoms with Crippen LogP contribution in [0.3, 0.4) is 0 Å². The van der Waals surface area contributed by atoms with Gasteiger partial charge in [0, 0.05) is 26.2 Å². The van der Waals surface area contributed by atoms with E-state index in [-0.39, 0.29) is 13.1 Å². The van der Waals surface area contributed by atoms with Gasteiger partial charge in [0.05, 0.1) is 0 Å². The smallest absolute Gasteiger partial charge is 0.107 e. The first-order chi connectivity index (χ1) is 4.86. The lowest BCUT2D eigenvalue weighted by Gasteiger charge is -2.13. The van der Waals surface area contributed by atoms with E-state index in [4.69, 9.17) is 17.8 Å². The molecule has 0 bridgehead atoms. The van der Waals surface area contributed by atoms with Crippen LogP contribution in [0.15, 0.2) is 0 Å². The molecule has 0 aromatic rings. The molecule has 1 rings (SSSR count). The van der Waals surface area contributed by atoms with E-state index in [1.54, 1.807) is 5.06 Å². The molecule has 1 atom stereocenters. The fraction of sp³-hybridized carbons (Fsp3) is 1.00. The van der Waals surface area contributed by atoms with Gasteiger partial charge in [0.25, 0.3) is 0 Å². The third-order valence-corrected chi connectivity index (χ3v) is 1.76. The van der Waals surface area contributed by atoms with Gasteiger partial charge >= 0.3 is 0 Å². The van der Waals surface area contributed by atoms with Crippen LogP contribution in [0.5, 0.6) is 0 Å². The van der Waals surface area contributed by atoms with Gasteiger partial charge in [-0.25, -0.2) is 0 Å². The Kier molecular flexibility index (Phi) is 3.18. The van der Waals surface area contributed by atoms with Gasteiger partial charge in [0.15, 0.2) is 0 Å². The molecular weight excluding hydrogens is 129 g/mol. The van der Waals surface area contributed by atoms with E-state index in [2.05, 4.69) is 0 Å². The summed E-state index contributed by atoms with van der Waals surface area (Å²) in [5, 5.41) is 10.5. The summed E-state index contributed by atoms with van der Waals surface area (Å²) in [6.45, 7) is 2.19. The van der Waals surface area contributed by atoms with Crippen LogP contribution in [0.25, 0.3) is 0 Å². The fourth-order valence-electron chi connectivity index (χ4n) is 1.17. The van der Waals surface area contributed by atoms with E-state index in [9.17, 15) is 0 Å². The highest BCUT2D eigenvalue weighted by Crippen LogP contribution is 2.14. The van der Waals surface area contributed by atoms with E-state index < -0.39 is 0 Å². The molecule has 1 heterocycles. The van der Waals surface area contributed by atoms with Gasteiger partial charge in [-0.1, -0.05) is 0 Å². The normalized spacial score (nSPS) is 27.5. The molecule has 0 spiro atoms. The van der Waals surface area contributed by atoms with Gasteiger partial charge in [-0.15, -0.1) is 0 Å². The first-order valence-corrected chi connectivity index (χ1v) is 3.55. The summed E-state index contributed by atoms with van der Waals surface area (Å²) in [4.78, 5) is 5.03. The molecule has 1 fully saturated rings. The van der Waals surface area contributed by atoms with Crippen molar-refractivity contribution in [1.29, 1.82) is 0 Å². The van der Waals surface area contributed by atoms with Crippen LogP contribution in [0.4, 0.5) is 0 Å². The molecule has 0 aromatic carbocycles. The molecule has 0 saturated carbocycles. The van der Waals surface area contributed by atoms with Crippen LogP contribution >= 0.6 is 0 Å². The molecular formula is C6H12BNO2. The molecule has 0 aliphatic carbocycles. The average molecular weight is 141 g/mol. The number of hydrogen-bond donors (Lipinski definition) is 1. The minimum Gasteiger partial charge on any atom is -0.396 e. The molecule has 1 saturated heterocycles. The number of aliphatic hydroxyl groups excluding tert-OH is 1. The van der Waals surface area contributed by atoms with Gasteiger partial charge in [0.1, 0.15) is 7.85 Å². The predicted octanol–water partition coefficient (Wildman–Crippen LogP) is -0.642. The third kappa shape index (κ3) is 1.97. The molecule has 4 heteroatoms. The predicted molar refractivity (Wildman–Crippen MR) is 38.5 cm³/mol. The van der Waals surface area contributed by atoms with Crippen molar-refractivity contribution in [3.05, 3.63) is 0 Å². The zero-order valence-electron chi connectivity index (χ0n) is 5.99. The van der Waals surface area contributed by atoms with Crippen molar-refractivity contribution in [3.8, 4) is 0 Å². The number of hydroxylamine groups is 2. The Hall–Kier alpha value is -0.0551. The average Bonchev–Trinajstić information content (AvgIpc) is 2.37. The summed E-state index contributed by atoms with van der Waals surface area (Å²) in [7, 11) is 5.17. The van der Waals surface area contributed by atoms with Crippen LogP contribution < -0.4 is 0 Å². The SMILES string of the molecule is [B]CON1CC[C@H](CO)C1. The van der Waals surface area contributed by atoms with Crippen LogP contribution in [-0.4, -0.2) is 44.2 Å². The Morgan fingerprint density at radius 1 is 1.70 bits per heavy atom. The van der Waals surface area contributed by atoms with E-state index in [0.717, 1.165) is 19.5 Å². The van der Waals surface area contributed by atoms with E-state index in [1.807, 2.05) is 0 Å². The summed E-state index contributed by atoms with van der Waals surface area (Å²) in [6, 6.07) is 0. The lowest BCUT2D eigenvalue weighted by atomic mass is 10.1. The van der Waals surface area contributed by atoms with Crippen LogP contribution in [0.2, 0.25) is 0 Å². The minimum atomic E-state index is 0.234. The highest BCUT2D eigenvalue weighted by atomic mass is 16.7. The molecule has 0 unspecified atom stereocenters. The van der Waals surface area contributed by atoms with Crippen LogP contribution in [0.1, 0.15) is 6.42 Å². The summed E-state index contributed by atoms with van der Waals surface area (Å²) >= 11 is 0. The highest BCUT2D eigenvalue weighted by molar-refractivity contribution is 6.08. The largest absolute Gasteiger partial charge is 0.396 e. The maximum atomic E-state index is 8.74. The van der Waals surface area contributed by atoms with Gasteiger partial charge in [0.2, 0.25) is 0 Å². The Balaban J connectivity index is 2.15. The maximum absolute atomic E-state index is 8.74. The van der Waals surface area contributed by atoms with E-state index in [0.29, 0.717) is 5.92 Å². The minimum absolute atomic E-state index is 0.234. The van der Waals surface area contributed by atoms with E-state index in [1.165, 1.54) is 0 Å². The maximum Gasteiger partial charge on any atom is 0.107 e. The van der Waals surface area contributed by atoms with Crippen molar-refractivity contribution in [1.82, 2.24) is 5.06 Å². The van der Waals surface area contributed by atoms with E-state index >= 15 is 0 Å². The van der Waals surface area contributed by atoms with Gasteiger partial charge in [-0.05, 0) is 12.3 Å². The van der Waals surface area contributed by atoms with Gasteiger partial charge in [-0.3, -0.25) is 0 Å². The second-order valence-corrected chi connectivity index (χ2v) is 2.52. The second-order valence-electron chi connectivity index (χ2n) is 2.52. The van der Waals surface area contributed by atoms with Gasteiger partial charge in [-0.2, -0.15) is 5.06 Å². The monoisotopic (exact) mass is 141 g/mol. The number of aliphatic hydroxyl groups is 1. The molecule has 1 aliphatic rings.